The molecule has 0 saturated carbocycles. The lowest BCUT2D eigenvalue weighted by Crippen LogP contribution is -2.34. The zero-order valence-electron chi connectivity index (χ0n) is 15.8. The van der Waals surface area contributed by atoms with Gasteiger partial charge >= 0.3 is 5.97 Å². The van der Waals surface area contributed by atoms with E-state index in [4.69, 9.17) is 39.4 Å². The van der Waals surface area contributed by atoms with Crippen LogP contribution in [-0.4, -0.2) is 29.4 Å². The van der Waals surface area contributed by atoms with Gasteiger partial charge in [-0.2, -0.15) is 0 Å². The highest BCUT2D eigenvalue weighted by Crippen LogP contribution is 2.34. The second-order valence-corrected chi connectivity index (χ2v) is 7.12. The molecule has 5 N–H and O–H groups in total. The van der Waals surface area contributed by atoms with Crippen LogP contribution in [0.5, 0.6) is 5.75 Å². The van der Waals surface area contributed by atoms with Crippen molar-refractivity contribution in [2.24, 2.45) is 11.5 Å². The van der Waals surface area contributed by atoms with E-state index in [-0.39, 0.29) is 21.4 Å². The number of carbonyl (C=O) groups is 2. The molecule has 0 heterocycles. The summed E-state index contributed by atoms with van der Waals surface area (Å²) in [7, 11) is 0. The number of para-hydroxylation sites is 1. The summed E-state index contributed by atoms with van der Waals surface area (Å²) >= 11 is 12.0. The molecule has 160 valence electrons. The van der Waals surface area contributed by atoms with Gasteiger partial charge in [-0.3, -0.25) is 14.9 Å². The minimum atomic E-state index is -0.981. The normalized spacial score (nSPS) is 11.6. The number of hydrogen-bond donors (Lipinski definition) is 3. The van der Waals surface area contributed by atoms with Crippen LogP contribution >= 0.6 is 23.2 Å². The molecule has 1 amide bonds. The van der Waals surface area contributed by atoms with Crippen LogP contribution in [-0.2, 0) is 4.79 Å². The first-order valence-electron chi connectivity index (χ1n) is 8.95. The van der Waals surface area contributed by atoms with Crippen molar-refractivity contribution in [2.75, 3.05) is 11.9 Å². The van der Waals surface area contributed by atoms with E-state index < -0.39 is 28.5 Å². The third-order valence-corrected chi connectivity index (χ3v) is 4.73. The third-order valence-electron chi connectivity index (χ3n) is 4.09. The van der Waals surface area contributed by atoms with E-state index in [1.165, 1.54) is 0 Å². The topological polar surface area (TPSA) is 151 Å². The van der Waals surface area contributed by atoms with Gasteiger partial charge in [0.2, 0.25) is 0 Å². The van der Waals surface area contributed by atoms with Gasteiger partial charge in [0, 0.05) is 0 Å². The standard InChI is InChI=1S/C19H20Cl2N4O5/c20-12-5-1-2-7-15(12)24-18(26)11-9-13(21)16(25(28)29)10-17(11)30-19(27)14(23)6-3-4-8-22/h1-2,5,7,9-10,14H,3-4,6,8,22-23H2,(H,24,26). The number of nitrogens with two attached hydrogens (primary N) is 2. The van der Waals surface area contributed by atoms with Crippen molar-refractivity contribution >= 4 is 46.5 Å². The SMILES string of the molecule is NCCCCC(N)C(=O)Oc1cc([N+](=O)[O-])c(Cl)cc1C(=O)Nc1ccccc1Cl. The molecule has 0 radical (unpaired) electrons. The lowest BCUT2D eigenvalue weighted by molar-refractivity contribution is -0.384. The van der Waals surface area contributed by atoms with Crippen LogP contribution in [0, 0.1) is 10.1 Å². The van der Waals surface area contributed by atoms with Crippen molar-refractivity contribution < 1.29 is 19.2 Å². The molecule has 0 saturated heterocycles. The number of rotatable bonds is 9. The molecule has 2 aromatic rings. The number of nitro benzene ring substituents is 1. The van der Waals surface area contributed by atoms with E-state index in [9.17, 15) is 19.7 Å². The van der Waals surface area contributed by atoms with Crippen LogP contribution in [0.3, 0.4) is 0 Å². The minimum absolute atomic E-state index is 0.187. The van der Waals surface area contributed by atoms with Crippen LogP contribution in [0.15, 0.2) is 36.4 Å². The quantitative estimate of drug-likeness (QED) is 0.172. The predicted molar refractivity (Wildman–Crippen MR) is 114 cm³/mol. The maximum atomic E-state index is 12.7. The van der Waals surface area contributed by atoms with Gasteiger partial charge in [0.25, 0.3) is 11.6 Å². The van der Waals surface area contributed by atoms with Gasteiger partial charge in [0.15, 0.2) is 5.75 Å². The summed E-state index contributed by atoms with van der Waals surface area (Å²) in [4.78, 5) is 35.5. The number of benzene rings is 2. The highest BCUT2D eigenvalue weighted by molar-refractivity contribution is 6.34. The number of hydrogen-bond acceptors (Lipinski definition) is 7. The van der Waals surface area contributed by atoms with E-state index in [2.05, 4.69) is 5.32 Å². The molecular weight excluding hydrogens is 435 g/mol. The first kappa shape index (κ1) is 23.6. The second kappa shape index (κ2) is 10.9. The van der Waals surface area contributed by atoms with Crippen LogP contribution in [0.2, 0.25) is 10.0 Å². The summed E-state index contributed by atoms with van der Waals surface area (Å²) in [6, 6.07) is 7.45. The van der Waals surface area contributed by atoms with E-state index in [1.54, 1.807) is 24.3 Å². The Hall–Kier alpha value is -2.72. The number of halogens is 2. The molecule has 0 spiro atoms. The van der Waals surface area contributed by atoms with Gasteiger partial charge in [0.05, 0.1) is 27.3 Å². The summed E-state index contributed by atoms with van der Waals surface area (Å²) in [5.41, 5.74) is 10.8. The Morgan fingerprint density at radius 2 is 1.87 bits per heavy atom. The molecule has 2 aromatic carbocycles. The van der Waals surface area contributed by atoms with Crippen molar-refractivity contribution in [1.82, 2.24) is 0 Å². The van der Waals surface area contributed by atoms with Gasteiger partial charge < -0.3 is 21.5 Å². The Morgan fingerprint density at radius 3 is 2.50 bits per heavy atom. The Balaban J connectivity index is 2.33. The number of carbonyl (C=O) groups excluding carboxylic acids is 2. The molecule has 0 aromatic heterocycles. The van der Waals surface area contributed by atoms with E-state index in [1.807, 2.05) is 0 Å². The van der Waals surface area contributed by atoms with Gasteiger partial charge in [-0.05, 0) is 37.6 Å². The number of nitro groups is 1. The Labute approximate surface area is 182 Å². The first-order chi connectivity index (χ1) is 14.2. The number of ether oxygens (including phenoxy) is 1. The fourth-order valence-corrected chi connectivity index (χ4v) is 2.92. The van der Waals surface area contributed by atoms with Crippen molar-refractivity contribution in [3.63, 3.8) is 0 Å². The second-order valence-electron chi connectivity index (χ2n) is 6.30. The zero-order chi connectivity index (χ0) is 22.3. The molecular formula is C19H20Cl2N4O5. The first-order valence-corrected chi connectivity index (χ1v) is 9.71. The maximum Gasteiger partial charge on any atom is 0.328 e. The average molecular weight is 455 g/mol. The number of esters is 1. The van der Waals surface area contributed by atoms with E-state index >= 15 is 0 Å². The summed E-state index contributed by atoms with van der Waals surface area (Å²) in [6.45, 7) is 0.456. The Kier molecular flexibility index (Phi) is 8.55. The third kappa shape index (κ3) is 6.14. The van der Waals surface area contributed by atoms with Crippen molar-refractivity contribution in [2.45, 2.75) is 25.3 Å². The predicted octanol–water partition coefficient (Wildman–Crippen LogP) is 3.52. The minimum Gasteiger partial charge on any atom is -0.424 e. The highest BCUT2D eigenvalue weighted by Gasteiger charge is 2.25. The maximum absolute atomic E-state index is 12.7. The number of anilines is 1. The number of nitrogens with zero attached hydrogens (tertiary/aromatic N) is 1. The summed E-state index contributed by atoms with van der Waals surface area (Å²) in [5, 5.41) is 13.7. The fourth-order valence-electron chi connectivity index (χ4n) is 2.51. The van der Waals surface area contributed by atoms with E-state index in [0.717, 1.165) is 12.1 Å². The highest BCUT2D eigenvalue weighted by atomic mass is 35.5. The zero-order valence-corrected chi connectivity index (χ0v) is 17.3. The molecule has 0 fully saturated rings. The summed E-state index contributed by atoms with van der Waals surface area (Å²) < 4.78 is 5.22. The van der Waals surface area contributed by atoms with Gasteiger partial charge in [-0.25, -0.2) is 4.79 Å². The van der Waals surface area contributed by atoms with Crippen LogP contribution in [0.25, 0.3) is 0 Å². The van der Waals surface area contributed by atoms with E-state index in [0.29, 0.717) is 31.5 Å². The van der Waals surface area contributed by atoms with Gasteiger partial charge in [-0.1, -0.05) is 41.8 Å². The van der Waals surface area contributed by atoms with Crippen LogP contribution in [0.4, 0.5) is 11.4 Å². The van der Waals surface area contributed by atoms with Crippen LogP contribution in [0.1, 0.15) is 29.6 Å². The van der Waals surface area contributed by atoms with Gasteiger partial charge in [-0.15, -0.1) is 0 Å². The molecule has 0 aliphatic carbocycles. The van der Waals surface area contributed by atoms with Crippen LogP contribution < -0.4 is 21.5 Å². The average Bonchev–Trinajstić information content (AvgIpc) is 2.70. The van der Waals surface area contributed by atoms with Gasteiger partial charge in [0.1, 0.15) is 11.1 Å². The molecule has 11 heteroatoms. The molecule has 1 atom stereocenters. The molecule has 1 unspecified atom stereocenters. The Bertz CT molecular complexity index is 955. The fraction of sp³-hybridized carbons (Fsp3) is 0.263. The van der Waals surface area contributed by atoms with Crippen molar-refractivity contribution in [1.29, 1.82) is 0 Å². The molecule has 2 rings (SSSR count). The molecule has 30 heavy (non-hydrogen) atoms. The number of nitrogens with one attached hydrogen (secondary N) is 1. The summed E-state index contributed by atoms with van der Waals surface area (Å²) in [6.07, 6.45) is 1.60. The smallest absolute Gasteiger partial charge is 0.328 e. The molecule has 0 bridgehead atoms. The molecule has 9 nitrogen and oxygen atoms in total. The largest absolute Gasteiger partial charge is 0.424 e. The Morgan fingerprint density at radius 1 is 1.17 bits per heavy atom. The van der Waals surface area contributed by atoms with Crippen molar-refractivity contribution in [3.8, 4) is 5.75 Å². The van der Waals surface area contributed by atoms with Crippen molar-refractivity contribution in [3.05, 3.63) is 62.1 Å². The summed E-state index contributed by atoms with van der Waals surface area (Å²) in [5.74, 6) is -1.90. The number of unbranched alkanes of at least 4 members (excludes halogenated alkanes) is 1. The lowest BCUT2D eigenvalue weighted by Gasteiger charge is -2.14. The lowest BCUT2D eigenvalue weighted by atomic mass is 10.1. The molecule has 0 aliphatic rings. The number of amides is 1. The monoisotopic (exact) mass is 454 g/mol. The molecule has 0 aliphatic heterocycles.